The van der Waals surface area contributed by atoms with Gasteiger partial charge in [0.25, 0.3) is 0 Å². The Hall–Kier alpha value is -0.540. The molecule has 0 aliphatic carbocycles. The minimum absolute atomic E-state index is 0.631. The van der Waals surface area contributed by atoms with Crippen molar-refractivity contribution in [3.8, 4) is 5.75 Å². The molecule has 1 aromatic rings. The molecule has 0 N–H and O–H groups in total. The highest BCUT2D eigenvalue weighted by atomic mass is 35.5. The van der Waals surface area contributed by atoms with Crippen molar-refractivity contribution in [3.63, 3.8) is 0 Å². The van der Waals surface area contributed by atoms with E-state index < -0.39 is 0 Å². The second-order valence-electron chi connectivity index (χ2n) is 3.19. The van der Waals surface area contributed by atoms with Gasteiger partial charge in [-0.3, -0.25) is 0 Å². The largest absolute Gasteiger partial charge is 0.492 e. The fraction of sp³-hybridized carbons (Fsp3) is 0.455. The molecule has 0 aliphatic rings. The van der Waals surface area contributed by atoms with E-state index in [0.717, 1.165) is 23.7 Å². The lowest BCUT2D eigenvalue weighted by atomic mass is 10.3. The number of benzene rings is 1. The van der Waals surface area contributed by atoms with Crippen LogP contribution in [0.4, 0.5) is 5.69 Å². The average molecular weight is 246 g/mol. The minimum Gasteiger partial charge on any atom is -0.492 e. The van der Waals surface area contributed by atoms with Crippen LogP contribution in [0.3, 0.4) is 0 Å². The molecule has 1 aromatic carbocycles. The molecular formula is C11H16ClNOS. The summed E-state index contributed by atoms with van der Waals surface area (Å²) in [6, 6.07) is 5.81. The molecule has 0 fully saturated rings. The third-order valence-corrected chi connectivity index (χ3v) is 2.59. The van der Waals surface area contributed by atoms with E-state index in [1.807, 2.05) is 32.2 Å². The summed E-state index contributed by atoms with van der Waals surface area (Å²) in [7, 11) is 2.02. The zero-order valence-electron chi connectivity index (χ0n) is 9.03. The van der Waals surface area contributed by atoms with Crippen LogP contribution < -0.4 is 9.64 Å². The molecule has 0 atom stereocenters. The molecule has 0 bridgehead atoms. The standard InChI is InChI=1S/C11H16ClNOS/c1-3-14-11-5-4-9(8-10(11)12)13(2)6-7-15/h4-5,8,15H,3,6-7H2,1-2H3. The first-order valence-electron chi connectivity index (χ1n) is 4.93. The van der Waals surface area contributed by atoms with Gasteiger partial charge in [0.2, 0.25) is 0 Å². The normalized spacial score (nSPS) is 10.1. The highest BCUT2D eigenvalue weighted by Gasteiger charge is 2.05. The number of anilines is 1. The van der Waals surface area contributed by atoms with E-state index in [9.17, 15) is 0 Å². The van der Waals surface area contributed by atoms with E-state index in [0.29, 0.717) is 11.6 Å². The van der Waals surface area contributed by atoms with Gasteiger partial charge in [0.1, 0.15) is 5.75 Å². The molecule has 0 unspecified atom stereocenters. The monoisotopic (exact) mass is 245 g/mol. The zero-order chi connectivity index (χ0) is 11.3. The second-order valence-corrected chi connectivity index (χ2v) is 4.05. The van der Waals surface area contributed by atoms with Crippen LogP contribution >= 0.6 is 24.2 Å². The van der Waals surface area contributed by atoms with Crippen molar-refractivity contribution in [3.05, 3.63) is 23.2 Å². The molecule has 4 heteroatoms. The van der Waals surface area contributed by atoms with Gasteiger partial charge >= 0.3 is 0 Å². The first kappa shape index (κ1) is 12.5. The average Bonchev–Trinajstić information content (AvgIpc) is 2.21. The van der Waals surface area contributed by atoms with Crippen molar-refractivity contribution in [2.75, 3.05) is 30.9 Å². The van der Waals surface area contributed by atoms with Crippen molar-refractivity contribution < 1.29 is 4.74 Å². The minimum atomic E-state index is 0.631. The van der Waals surface area contributed by atoms with Crippen molar-refractivity contribution in [1.82, 2.24) is 0 Å². The molecule has 0 amide bonds. The predicted molar refractivity (Wildman–Crippen MR) is 69.7 cm³/mol. The lowest BCUT2D eigenvalue weighted by Gasteiger charge is -2.19. The number of rotatable bonds is 5. The quantitative estimate of drug-likeness (QED) is 0.801. The maximum Gasteiger partial charge on any atom is 0.138 e. The highest BCUT2D eigenvalue weighted by Crippen LogP contribution is 2.28. The summed E-state index contributed by atoms with van der Waals surface area (Å²) in [5.74, 6) is 1.56. The molecule has 0 aliphatic heterocycles. The third-order valence-electron chi connectivity index (χ3n) is 2.09. The first-order valence-corrected chi connectivity index (χ1v) is 5.94. The Morgan fingerprint density at radius 3 is 2.73 bits per heavy atom. The van der Waals surface area contributed by atoms with E-state index in [4.69, 9.17) is 16.3 Å². The number of halogens is 1. The van der Waals surface area contributed by atoms with Crippen LogP contribution in [0, 0.1) is 0 Å². The summed E-state index contributed by atoms with van der Waals surface area (Å²) in [6.45, 7) is 3.47. The van der Waals surface area contributed by atoms with E-state index in [1.54, 1.807) is 0 Å². The van der Waals surface area contributed by atoms with E-state index >= 15 is 0 Å². The molecule has 0 saturated heterocycles. The Kier molecular flexibility index (Phi) is 5.12. The Morgan fingerprint density at radius 1 is 1.47 bits per heavy atom. The van der Waals surface area contributed by atoms with E-state index in [-0.39, 0.29) is 0 Å². The number of ether oxygens (including phenoxy) is 1. The Bertz CT molecular complexity index is 319. The van der Waals surface area contributed by atoms with Crippen LogP contribution in [0.25, 0.3) is 0 Å². The Morgan fingerprint density at radius 2 is 2.20 bits per heavy atom. The lowest BCUT2D eigenvalue weighted by molar-refractivity contribution is 0.340. The Balaban J connectivity index is 2.81. The van der Waals surface area contributed by atoms with Crippen molar-refractivity contribution >= 4 is 29.9 Å². The molecule has 0 radical (unpaired) electrons. The zero-order valence-corrected chi connectivity index (χ0v) is 10.7. The number of thiol groups is 1. The summed E-state index contributed by atoms with van der Waals surface area (Å²) in [5, 5.41) is 0.653. The van der Waals surface area contributed by atoms with Gasteiger partial charge in [0.15, 0.2) is 0 Å². The van der Waals surface area contributed by atoms with Crippen molar-refractivity contribution in [2.45, 2.75) is 6.92 Å². The molecule has 2 nitrogen and oxygen atoms in total. The molecule has 0 saturated carbocycles. The van der Waals surface area contributed by atoms with Gasteiger partial charge in [-0.1, -0.05) is 11.6 Å². The van der Waals surface area contributed by atoms with Crippen LogP contribution in [0.1, 0.15) is 6.92 Å². The number of hydrogen-bond donors (Lipinski definition) is 1. The van der Waals surface area contributed by atoms with Gasteiger partial charge < -0.3 is 9.64 Å². The summed E-state index contributed by atoms with van der Waals surface area (Å²) in [5.41, 5.74) is 1.08. The summed E-state index contributed by atoms with van der Waals surface area (Å²) >= 11 is 10.3. The van der Waals surface area contributed by atoms with Gasteiger partial charge in [-0.15, -0.1) is 0 Å². The van der Waals surface area contributed by atoms with Gasteiger partial charge in [-0.25, -0.2) is 0 Å². The first-order chi connectivity index (χ1) is 7.19. The van der Waals surface area contributed by atoms with Crippen LogP contribution in [0.2, 0.25) is 5.02 Å². The maximum atomic E-state index is 6.08. The van der Waals surface area contributed by atoms with Crippen LogP contribution in [0.5, 0.6) is 5.75 Å². The van der Waals surface area contributed by atoms with E-state index in [1.165, 1.54) is 0 Å². The van der Waals surface area contributed by atoms with Gasteiger partial charge in [0.05, 0.1) is 11.6 Å². The molecule has 0 aromatic heterocycles. The fourth-order valence-corrected chi connectivity index (χ4v) is 1.81. The number of nitrogens with zero attached hydrogens (tertiary/aromatic N) is 1. The molecule has 0 heterocycles. The fourth-order valence-electron chi connectivity index (χ4n) is 1.28. The molecule has 1 rings (SSSR count). The summed E-state index contributed by atoms with van der Waals surface area (Å²) < 4.78 is 5.37. The number of hydrogen-bond acceptors (Lipinski definition) is 3. The van der Waals surface area contributed by atoms with E-state index in [2.05, 4.69) is 17.5 Å². The van der Waals surface area contributed by atoms with Gasteiger partial charge in [-0.2, -0.15) is 12.6 Å². The van der Waals surface area contributed by atoms with Crippen LogP contribution in [-0.2, 0) is 0 Å². The molecular weight excluding hydrogens is 230 g/mol. The molecule has 84 valence electrons. The van der Waals surface area contributed by atoms with Gasteiger partial charge in [0, 0.05) is 25.0 Å². The highest BCUT2D eigenvalue weighted by molar-refractivity contribution is 7.80. The third kappa shape index (κ3) is 3.50. The van der Waals surface area contributed by atoms with Gasteiger partial charge in [-0.05, 0) is 25.1 Å². The summed E-state index contributed by atoms with van der Waals surface area (Å²) in [4.78, 5) is 2.11. The van der Waals surface area contributed by atoms with Crippen LogP contribution in [0.15, 0.2) is 18.2 Å². The summed E-state index contributed by atoms with van der Waals surface area (Å²) in [6.07, 6.45) is 0. The van der Waals surface area contributed by atoms with Crippen molar-refractivity contribution in [1.29, 1.82) is 0 Å². The predicted octanol–water partition coefficient (Wildman–Crippen LogP) is 3.10. The molecule has 0 spiro atoms. The lowest BCUT2D eigenvalue weighted by Crippen LogP contribution is -2.19. The Labute approximate surface area is 102 Å². The second kappa shape index (κ2) is 6.13. The maximum absolute atomic E-state index is 6.08. The topological polar surface area (TPSA) is 12.5 Å². The smallest absolute Gasteiger partial charge is 0.138 e. The van der Waals surface area contributed by atoms with Crippen molar-refractivity contribution in [2.24, 2.45) is 0 Å². The van der Waals surface area contributed by atoms with Crippen LogP contribution in [-0.4, -0.2) is 26.0 Å². The SMILES string of the molecule is CCOc1ccc(N(C)CCS)cc1Cl. The molecule has 15 heavy (non-hydrogen) atoms.